The second-order valence-electron chi connectivity index (χ2n) is 3.93. The number of rotatable bonds is 7. The Kier molecular flexibility index (Phi) is 5.83. The number of ether oxygens (including phenoxy) is 3. The van der Waals surface area contributed by atoms with Crippen molar-refractivity contribution in [2.24, 2.45) is 0 Å². The monoisotopic (exact) mass is 282 g/mol. The third-order valence-corrected chi connectivity index (χ3v) is 2.61. The molecule has 1 aromatic rings. The van der Waals surface area contributed by atoms with Gasteiger partial charge in [0.2, 0.25) is 0 Å². The maximum Gasteiger partial charge on any atom is 0.347 e. The molecule has 0 saturated heterocycles. The summed E-state index contributed by atoms with van der Waals surface area (Å²) in [6.45, 7) is 3.68. The number of carbonyl (C=O) groups is 2. The number of carbonyl (C=O) groups excluding carboxylic acids is 1. The van der Waals surface area contributed by atoms with E-state index in [0.29, 0.717) is 12.2 Å². The molecule has 1 unspecified atom stereocenters. The van der Waals surface area contributed by atoms with Crippen molar-refractivity contribution in [1.29, 1.82) is 0 Å². The summed E-state index contributed by atoms with van der Waals surface area (Å²) in [5.41, 5.74) is -0.0338. The minimum Gasteiger partial charge on any atom is -0.497 e. The number of esters is 1. The maximum absolute atomic E-state index is 11.7. The molecular formula is C14H18O6. The smallest absolute Gasteiger partial charge is 0.347 e. The number of carboxylic acids is 1. The van der Waals surface area contributed by atoms with Crippen molar-refractivity contribution in [2.45, 2.75) is 26.4 Å². The second-order valence-corrected chi connectivity index (χ2v) is 3.93. The molecular weight excluding hydrogens is 264 g/mol. The first kappa shape index (κ1) is 15.8. The fourth-order valence-corrected chi connectivity index (χ4v) is 1.59. The number of carboxylic acid groups (broad SMARTS) is 1. The van der Waals surface area contributed by atoms with Crippen LogP contribution in [0.15, 0.2) is 18.2 Å². The summed E-state index contributed by atoms with van der Waals surface area (Å²) in [7, 11) is 1.46. The van der Waals surface area contributed by atoms with Crippen LogP contribution < -0.4 is 9.47 Å². The van der Waals surface area contributed by atoms with Gasteiger partial charge in [-0.2, -0.15) is 0 Å². The van der Waals surface area contributed by atoms with E-state index >= 15 is 0 Å². The fourth-order valence-electron chi connectivity index (χ4n) is 1.59. The summed E-state index contributed by atoms with van der Waals surface area (Å²) in [5, 5.41) is 9.12. The first-order valence-corrected chi connectivity index (χ1v) is 6.28. The molecule has 0 aromatic heterocycles. The Labute approximate surface area is 117 Å². The largest absolute Gasteiger partial charge is 0.497 e. The van der Waals surface area contributed by atoms with Gasteiger partial charge in [0, 0.05) is 6.07 Å². The molecule has 110 valence electrons. The quantitative estimate of drug-likeness (QED) is 0.771. The van der Waals surface area contributed by atoms with Gasteiger partial charge < -0.3 is 19.3 Å². The zero-order valence-electron chi connectivity index (χ0n) is 11.7. The van der Waals surface area contributed by atoms with Crippen LogP contribution >= 0.6 is 0 Å². The molecule has 0 aliphatic carbocycles. The number of methoxy groups -OCH3 is 1. The topological polar surface area (TPSA) is 82.1 Å². The van der Waals surface area contributed by atoms with Gasteiger partial charge in [-0.15, -0.1) is 0 Å². The van der Waals surface area contributed by atoms with Gasteiger partial charge in [0.1, 0.15) is 17.1 Å². The fraction of sp³-hybridized carbons (Fsp3) is 0.429. The summed E-state index contributed by atoms with van der Waals surface area (Å²) in [4.78, 5) is 22.8. The molecule has 0 fully saturated rings. The molecule has 0 aliphatic heterocycles. The average Bonchev–Trinajstić information content (AvgIpc) is 2.44. The van der Waals surface area contributed by atoms with E-state index in [-0.39, 0.29) is 17.9 Å². The van der Waals surface area contributed by atoms with Crippen LogP contribution in [0.3, 0.4) is 0 Å². The first-order chi connectivity index (χ1) is 9.53. The summed E-state index contributed by atoms with van der Waals surface area (Å²) in [6.07, 6.45) is -0.477. The lowest BCUT2D eigenvalue weighted by molar-refractivity contribution is -0.151. The molecule has 0 spiro atoms. The number of hydrogen-bond donors (Lipinski definition) is 1. The van der Waals surface area contributed by atoms with Crippen LogP contribution in [-0.4, -0.2) is 36.9 Å². The van der Waals surface area contributed by atoms with Crippen molar-refractivity contribution in [3.8, 4) is 11.5 Å². The molecule has 0 aliphatic rings. The highest BCUT2D eigenvalue weighted by molar-refractivity contribution is 5.91. The lowest BCUT2D eigenvalue weighted by atomic mass is 10.2. The van der Waals surface area contributed by atoms with Gasteiger partial charge in [-0.05, 0) is 25.5 Å². The molecule has 0 bridgehead atoms. The molecule has 6 nitrogen and oxygen atoms in total. The zero-order valence-corrected chi connectivity index (χ0v) is 11.7. The Balaban J connectivity index is 3.03. The Bertz CT molecular complexity index is 483. The van der Waals surface area contributed by atoms with Crippen molar-refractivity contribution in [3.05, 3.63) is 23.8 Å². The van der Waals surface area contributed by atoms with Crippen molar-refractivity contribution in [2.75, 3.05) is 13.7 Å². The van der Waals surface area contributed by atoms with Gasteiger partial charge in [0.15, 0.2) is 6.10 Å². The van der Waals surface area contributed by atoms with Crippen LogP contribution in [0, 0.1) is 0 Å². The van der Waals surface area contributed by atoms with Crippen LogP contribution in [0.2, 0.25) is 0 Å². The summed E-state index contributed by atoms with van der Waals surface area (Å²) in [6, 6.07) is 4.32. The zero-order chi connectivity index (χ0) is 15.1. The second kappa shape index (κ2) is 7.37. The molecule has 1 aromatic carbocycles. The van der Waals surface area contributed by atoms with Crippen molar-refractivity contribution >= 4 is 11.9 Å². The van der Waals surface area contributed by atoms with E-state index in [1.54, 1.807) is 13.8 Å². The Morgan fingerprint density at radius 1 is 1.30 bits per heavy atom. The molecule has 1 rings (SSSR count). The van der Waals surface area contributed by atoms with Crippen molar-refractivity contribution in [3.63, 3.8) is 0 Å². The maximum atomic E-state index is 11.7. The van der Waals surface area contributed by atoms with E-state index in [2.05, 4.69) is 0 Å². The van der Waals surface area contributed by atoms with Crippen LogP contribution in [0.1, 0.15) is 30.6 Å². The third kappa shape index (κ3) is 3.88. The van der Waals surface area contributed by atoms with Crippen LogP contribution in [0.5, 0.6) is 11.5 Å². The van der Waals surface area contributed by atoms with E-state index in [0.717, 1.165) is 0 Å². The highest BCUT2D eigenvalue weighted by Crippen LogP contribution is 2.26. The summed E-state index contributed by atoms with van der Waals surface area (Å²) < 4.78 is 15.4. The molecule has 6 heteroatoms. The molecule has 1 N–H and O–H groups in total. The predicted molar refractivity (Wildman–Crippen MR) is 71.3 cm³/mol. The van der Waals surface area contributed by atoms with E-state index < -0.39 is 18.0 Å². The Morgan fingerprint density at radius 2 is 2.00 bits per heavy atom. The summed E-state index contributed by atoms with van der Waals surface area (Å²) in [5.74, 6) is -1.13. The van der Waals surface area contributed by atoms with Gasteiger partial charge >= 0.3 is 11.9 Å². The van der Waals surface area contributed by atoms with Gasteiger partial charge in [0.25, 0.3) is 0 Å². The summed E-state index contributed by atoms with van der Waals surface area (Å²) >= 11 is 0. The number of benzene rings is 1. The lowest BCUT2D eigenvalue weighted by Crippen LogP contribution is -2.29. The average molecular weight is 282 g/mol. The highest BCUT2D eigenvalue weighted by Gasteiger charge is 2.23. The van der Waals surface area contributed by atoms with Crippen LogP contribution in [0.4, 0.5) is 0 Å². The molecule has 0 radical (unpaired) electrons. The van der Waals surface area contributed by atoms with Gasteiger partial charge in [-0.25, -0.2) is 9.59 Å². The molecule has 1 atom stereocenters. The number of hydrogen-bond acceptors (Lipinski definition) is 5. The third-order valence-electron chi connectivity index (χ3n) is 2.61. The minimum absolute atomic E-state index is 0.0338. The van der Waals surface area contributed by atoms with Crippen molar-refractivity contribution in [1.82, 2.24) is 0 Å². The normalized spacial score (nSPS) is 11.6. The first-order valence-electron chi connectivity index (χ1n) is 6.28. The van der Waals surface area contributed by atoms with E-state index in [9.17, 15) is 9.59 Å². The predicted octanol–water partition coefficient (Wildman–Crippen LogP) is 2.11. The molecule has 0 saturated carbocycles. The standard InChI is InChI=1S/C14H18O6/c1-4-11(14(17)19-5-2)20-12-8-9(18-3)6-7-10(12)13(15)16/h6-8,11H,4-5H2,1-3H3,(H,15,16). The highest BCUT2D eigenvalue weighted by atomic mass is 16.6. The molecule has 20 heavy (non-hydrogen) atoms. The lowest BCUT2D eigenvalue weighted by Gasteiger charge is -2.17. The SMILES string of the molecule is CCOC(=O)C(CC)Oc1cc(OC)ccc1C(=O)O. The molecule has 0 heterocycles. The van der Waals surface area contributed by atoms with E-state index in [4.69, 9.17) is 19.3 Å². The number of aromatic carboxylic acids is 1. The van der Waals surface area contributed by atoms with Crippen molar-refractivity contribution < 1.29 is 28.9 Å². The molecule has 0 amide bonds. The van der Waals surface area contributed by atoms with Crippen LogP contribution in [0.25, 0.3) is 0 Å². The van der Waals surface area contributed by atoms with E-state index in [1.165, 1.54) is 25.3 Å². The van der Waals surface area contributed by atoms with Gasteiger partial charge in [-0.3, -0.25) is 0 Å². The Hall–Kier alpha value is -2.24. The Morgan fingerprint density at radius 3 is 2.50 bits per heavy atom. The van der Waals surface area contributed by atoms with Gasteiger partial charge in [-0.1, -0.05) is 6.92 Å². The van der Waals surface area contributed by atoms with Crippen LogP contribution in [-0.2, 0) is 9.53 Å². The minimum atomic E-state index is -1.14. The van der Waals surface area contributed by atoms with E-state index in [1.807, 2.05) is 0 Å². The van der Waals surface area contributed by atoms with Gasteiger partial charge in [0.05, 0.1) is 13.7 Å².